The van der Waals surface area contributed by atoms with Crippen LogP contribution in [0.5, 0.6) is 0 Å². The van der Waals surface area contributed by atoms with Crippen molar-refractivity contribution in [1.82, 2.24) is 0 Å². The number of sulfonamides is 1. The average Bonchev–Trinajstić information content (AvgIpc) is 2.38. The number of rotatable bonds is 3. The van der Waals surface area contributed by atoms with Crippen LogP contribution < -0.4 is 4.72 Å². The van der Waals surface area contributed by atoms with Crippen molar-refractivity contribution in [2.75, 3.05) is 4.72 Å². The fourth-order valence-electron chi connectivity index (χ4n) is 1.54. The Bertz CT molecular complexity index is 798. The second-order valence-electron chi connectivity index (χ2n) is 3.87. The molecule has 2 aromatic rings. The van der Waals surface area contributed by atoms with Crippen molar-refractivity contribution in [3.63, 3.8) is 0 Å². The largest absolute Gasteiger partial charge is 0.280 e. The molecule has 20 heavy (non-hydrogen) atoms. The molecule has 0 aliphatic carbocycles. The molecule has 7 heteroatoms. The molecule has 0 heterocycles. The van der Waals surface area contributed by atoms with Crippen molar-refractivity contribution in [2.45, 2.75) is 4.90 Å². The topological polar surface area (TPSA) is 70.0 Å². The Balaban J connectivity index is 2.43. The van der Waals surface area contributed by atoms with Crippen molar-refractivity contribution >= 4 is 38.9 Å². The van der Waals surface area contributed by atoms with Gasteiger partial charge in [-0.2, -0.15) is 5.26 Å². The molecule has 0 aliphatic rings. The maximum absolute atomic E-state index is 12.3. The van der Waals surface area contributed by atoms with Crippen LogP contribution in [0.3, 0.4) is 0 Å². The van der Waals surface area contributed by atoms with E-state index in [0.29, 0.717) is 10.7 Å². The number of halogens is 2. The molecular formula is C13H8Cl2N2O2S. The Morgan fingerprint density at radius 3 is 2.50 bits per heavy atom. The standard InChI is InChI=1S/C13H8Cl2N2O2S/c14-10-2-1-3-11(7-10)17-20(18,19)13-6-9(8-16)4-5-12(13)15/h1-7,17H. The molecule has 102 valence electrons. The second-order valence-corrected chi connectivity index (χ2v) is 6.37. The van der Waals surface area contributed by atoms with Crippen LogP contribution in [0.15, 0.2) is 47.4 Å². The molecule has 0 atom stereocenters. The predicted molar refractivity (Wildman–Crippen MR) is 78.4 cm³/mol. The van der Waals surface area contributed by atoms with Gasteiger partial charge in [0.2, 0.25) is 0 Å². The maximum atomic E-state index is 12.3. The summed E-state index contributed by atoms with van der Waals surface area (Å²) >= 11 is 11.7. The van der Waals surface area contributed by atoms with Crippen molar-refractivity contribution in [3.05, 3.63) is 58.1 Å². The molecular weight excluding hydrogens is 319 g/mol. The van der Waals surface area contributed by atoms with Crippen molar-refractivity contribution in [1.29, 1.82) is 5.26 Å². The number of nitrogens with one attached hydrogen (secondary N) is 1. The van der Waals surface area contributed by atoms with Crippen molar-refractivity contribution in [2.24, 2.45) is 0 Å². The molecule has 0 bridgehead atoms. The van der Waals surface area contributed by atoms with Gasteiger partial charge in [0, 0.05) is 5.02 Å². The number of anilines is 1. The van der Waals surface area contributed by atoms with E-state index in [1.807, 2.05) is 6.07 Å². The zero-order valence-corrected chi connectivity index (χ0v) is 12.3. The van der Waals surface area contributed by atoms with E-state index in [-0.39, 0.29) is 15.5 Å². The van der Waals surface area contributed by atoms with Gasteiger partial charge in [0.05, 0.1) is 22.3 Å². The van der Waals surface area contributed by atoms with Crippen LogP contribution in [-0.2, 0) is 10.0 Å². The third-order valence-electron chi connectivity index (χ3n) is 2.43. The highest BCUT2D eigenvalue weighted by Gasteiger charge is 2.18. The molecule has 0 saturated carbocycles. The minimum Gasteiger partial charge on any atom is -0.280 e. The summed E-state index contributed by atoms with van der Waals surface area (Å²) in [7, 11) is -3.89. The third-order valence-corrected chi connectivity index (χ3v) is 4.52. The predicted octanol–water partition coefficient (Wildman–Crippen LogP) is 3.67. The normalized spacial score (nSPS) is 10.8. The molecule has 0 fully saturated rings. The lowest BCUT2D eigenvalue weighted by Crippen LogP contribution is -2.13. The van der Waals surface area contributed by atoms with Gasteiger partial charge in [0.25, 0.3) is 10.0 Å². The quantitative estimate of drug-likeness (QED) is 0.935. The van der Waals surface area contributed by atoms with Gasteiger partial charge in [-0.3, -0.25) is 4.72 Å². The highest BCUT2D eigenvalue weighted by molar-refractivity contribution is 7.92. The minimum absolute atomic E-state index is 0.0403. The SMILES string of the molecule is N#Cc1ccc(Cl)c(S(=O)(=O)Nc2cccc(Cl)c2)c1. The van der Waals surface area contributed by atoms with Gasteiger partial charge in [-0.1, -0.05) is 29.3 Å². The monoisotopic (exact) mass is 326 g/mol. The Morgan fingerprint density at radius 1 is 1.10 bits per heavy atom. The van der Waals surface area contributed by atoms with Crippen LogP contribution in [0, 0.1) is 11.3 Å². The molecule has 0 aromatic heterocycles. The Hall–Kier alpha value is -1.74. The van der Waals surface area contributed by atoms with E-state index >= 15 is 0 Å². The third kappa shape index (κ3) is 3.23. The van der Waals surface area contributed by atoms with E-state index < -0.39 is 10.0 Å². The lowest BCUT2D eigenvalue weighted by atomic mass is 10.2. The van der Waals surface area contributed by atoms with Crippen molar-refractivity contribution in [3.8, 4) is 6.07 Å². The van der Waals surface area contributed by atoms with E-state index in [0.717, 1.165) is 0 Å². The zero-order chi connectivity index (χ0) is 14.8. The summed E-state index contributed by atoms with van der Waals surface area (Å²) in [6.45, 7) is 0. The molecule has 0 aliphatic heterocycles. The van der Waals surface area contributed by atoms with Crippen LogP contribution in [-0.4, -0.2) is 8.42 Å². The number of benzene rings is 2. The Kier molecular flexibility index (Phi) is 4.19. The molecule has 0 saturated heterocycles. The molecule has 2 aromatic carbocycles. The highest BCUT2D eigenvalue weighted by atomic mass is 35.5. The van der Waals surface area contributed by atoms with E-state index in [9.17, 15) is 8.42 Å². The zero-order valence-electron chi connectivity index (χ0n) is 9.97. The Morgan fingerprint density at radius 2 is 1.85 bits per heavy atom. The summed E-state index contributed by atoms with van der Waals surface area (Å²) < 4.78 is 26.9. The minimum atomic E-state index is -3.89. The number of nitrogens with zero attached hydrogens (tertiary/aromatic N) is 1. The summed E-state index contributed by atoms with van der Waals surface area (Å²) in [6, 6.07) is 12.2. The van der Waals surface area contributed by atoms with Crippen LogP contribution in [0.4, 0.5) is 5.69 Å². The molecule has 0 spiro atoms. The highest BCUT2D eigenvalue weighted by Crippen LogP contribution is 2.25. The first kappa shape index (κ1) is 14.7. The fraction of sp³-hybridized carbons (Fsp3) is 0. The smallest absolute Gasteiger partial charge is 0.263 e. The summed E-state index contributed by atoms with van der Waals surface area (Å²) in [5.74, 6) is 0. The van der Waals surface area contributed by atoms with Gasteiger partial charge >= 0.3 is 0 Å². The number of hydrogen-bond acceptors (Lipinski definition) is 3. The molecule has 1 N–H and O–H groups in total. The molecule has 4 nitrogen and oxygen atoms in total. The fourth-order valence-corrected chi connectivity index (χ4v) is 3.31. The van der Waals surface area contributed by atoms with Gasteiger partial charge < -0.3 is 0 Å². The first-order valence-electron chi connectivity index (χ1n) is 5.40. The average molecular weight is 327 g/mol. The summed E-state index contributed by atoms with van der Waals surface area (Å²) in [4.78, 5) is -0.154. The van der Waals surface area contributed by atoms with Gasteiger partial charge in [-0.25, -0.2) is 8.42 Å². The molecule has 0 radical (unpaired) electrons. The number of hydrogen-bond donors (Lipinski definition) is 1. The van der Waals surface area contributed by atoms with E-state index in [4.69, 9.17) is 28.5 Å². The van der Waals surface area contributed by atoms with Crippen LogP contribution in [0.25, 0.3) is 0 Å². The van der Waals surface area contributed by atoms with Crippen LogP contribution in [0.2, 0.25) is 10.0 Å². The first-order chi connectivity index (χ1) is 9.42. The van der Waals surface area contributed by atoms with E-state index in [1.54, 1.807) is 18.2 Å². The second kappa shape index (κ2) is 5.71. The molecule has 0 unspecified atom stereocenters. The maximum Gasteiger partial charge on any atom is 0.263 e. The van der Waals surface area contributed by atoms with Gasteiger partial charge in [-0.15, -0.1) is 0 Å². The molecule has 2 rings (SSSR count). The first-order valence-corrected chi connectivity index (χ1v) is 7.64. The summed E-state index contributed by atoms with van der Waals surface area (Å²) in [5.41, 5.74) is 0.525. The molecule has 0 amide bonds. The summed E-state index contributed by atoms with van der Waals surface area (Å²) in [5, 5.41) is 9.26. The number of nitriles is 1. The lowest BCUT2D eigenvalue weighted by Gasteiger charge is -2.10. The van der Waals surface area contributed by atoms with Gasteiger partial charge in [-0.05, 0) is 36.4 Å². The van der Waals surface area contributed by atoms with E-state index in [2.05, 4.69) is 4.72 Å². The Labute approximate surface area is 126 Å². The van der Waals surface area contributed by atoms with Crippen LogP contribution in [0.1, 0.15) is 5.56 Å². The van der Waals surface area contributed by atoms with Crippen molar-refractivity contribution < 1.29 is 8.42 Å². The van der Waals surface area contributed by atoms with E-state index in [1.165, 1.54) is 24.3 Å². The summed E-state index contributed by atoms with van der Waals surface area (Å²) in [6.07, 6.45) is 0. The lowest BCUT2D eigenvalue weighted by molar-refractivity contribution is 0.601. The van der Waals surface area contributed by atoms with Gasteiger partial charge in [0.15, 0.2) is 0 Å². The van der Waals surface area contributed by atoms with Gasteiger partial charge in [0.1, 0.15) is 4.90 Å². The van der Waals surface area contributed by atoms with Crippen LogP contribution >= 0.6 is 23.2 Å².